The number of nitrogens with one attached hydrogen (secondary N) is 2. The van der Waals surface area contributed by atoms with Crippen LogP contribution in [0.3, 0.4) is 0 Å². The van der Waals surface area contributed by atoms with Crippen molar-refractivity contribution in [3.63, 3.8) is 0 Å². The van der Waals surface area contributed by atoms with Crippen LogP contribution >= 0.6 is 0 Å². The third-order valence-corrected chi connectivity index (χ3v) is 4.42. The zero-order valence-electron chi connectivity index (χ0n) is 13.3. The van der Waals surface area contributed by atoms with E-state index in [2.05, 4.69) is 20.1 Å². The molecule has 2 N–H and O–H groups in total. The molecule has 9 heteroatoms. The predicted molar refractivity (Wildman–Crippen MR) is 89.4 cm³/mol. The summed E-state index contributed by atoms with van der Waals surface area (Å²) in [6, 6.07) is 3.47. The number of carbonyl (C=O) groups excluding carboxylic acids is 1. The molecule has 1 aliphatic rings. The summed E-state index contributed by atoms with van der Waals surface area (Å²) in [5.41, 5.74) is -0.694. The Balaban J connectivity index is 1.63. The Morgan fingerprint density at radius 2 is 2.16 bits per heavy atom. The van der Waals surface area contributed by atoms with E-state index < -0.39 is 11.2 Å². The molecule has 0 radical (unpaired) electrons. The lowest BCUT2D eigenvalue weighted by Crippen LogP contribution is -2.41. The maximum Gasteiger partial charge on any atom is 0.327 e. The Kier molecular flexibility index (Phi) is 3.68. The molecule has 9 nitrogen and oxygen atoms in total. The van der Waals surface area contributed by atoms with E-state index in [-0.39, 0.29) is 23.0 Å². The van der Waals surface area contributed by atoms with Crippen LogP contribution < -0.4 is 11.2 Å². The third-order valence-electron chi connectivity index (χ3n) is 4.42. The van der Waals surface area contributed by atoms with Crippen molar-refractivity contribution in [2.75, 3.05) is 13.1 Å². The van der Waals surface area contributed by atoms with Gasteiger partial charge >= 0.3 is 5.69 Å². The number of likely N-dealkylation sites (tertiary alicyclic amines) is 1. The number of fused-ring (bicyclic) bond motifs is 1. The van der Waals surface area contributed by atoms with Gasteiger partial charge in [-0.1, -0.05) is 0 Å². The van der Waals surface area contributed by atoms with Gasteiger partial charge in [0.05, 0.1) is 17.0 Å². The highest BCUT2D eigenvalue weighted by Crippen LogP contribution is 2.22. The molecular formula is C16H16N6O3. The van der Waals surface area contributed by atoms with E-state index in [0.717, 1.165) is 12.8 Å². The van der Waals surface area contributed by atoms with Gasteiger partial charge in [-0.05, 0) is 25.0 Å². The molecule has 1 atom stereocenters. The summed E-state index contributed by atoms with van der Waals surface area (Å²) >= 11 is 0. The third kappa shape index (κ3) is 2.84. The molecule has 0 bridgehead atoms. The van der Waals surface area contributed by atoms with Crippen LogP contribution in [-0.4, -0.2) is 48.6 Å². The van der Waals surface area contributed by atoms with E-state index in [0.29, 0.717) is 18.7 Å². The van der Waals surface area contributed by atoms with Crippen molar-refractivity contribution in [2.45, 2.75) is 18.9 Å². The van der Waals surface area contributed by atoms with E-state index >= 15 is 0 Å². The van der Waals surface area contributed by atoms with Crippen molar-refractivity contribution in [3.05, 3.63) is 57.1 Å². The minimum atomic E-state index is -0.623. The molecule has 0 aliphatic carbocycles. The Labute approximate surface area is 141 Å². The number of hydrogen-bond acceptors (Lipinski definition) is 5. The average molecular weight is 340 g/mol. The normalized spacial score (nSPS) is 17.8. The van der Waals surface area contributed by atoms with Gasteiger partial charge in [-0.3, -0.25) is 24.2 Å². The molecule has 1 amide bonds. The fraction of sp³-hybridized carbons (Fsp3) is 0.312. The number of rotatable bonds is 2. The lowest BCUT2D eigenvalue weighted by molar-refractivity contribution is 0.0672. The summed E-state index contributed by atoms with van der Waals surface area (Å²) in [5.74, 6) is -0.183. The van der Waals surface area contributed by atoms with Crippen LogP contribution in [0.4, 0.5) is 0 Å². The van der Waals surface area contributed by atoms with E-state index in [1.54, 1.807) is 11.1 Å². The first-order valence-corrected chi connectivity index (χ1v) is 8.02. The number of piperidine rings is 1. The molecular weight excluding hydrogens is 324 g/mol. The number of amides is 1. The van der Waals surface area contributed by atoms with Crippen molar-refractivity contribution >= 4 is 16.9 Å². The van der Waals surface area contributed by atoms with Crippen LogP contribution in [0, 0.1) is 0 Å². The summed E-state index contributed by atoms with van der Waals surface area (Å²) < 4.78 is 1.87. The quantitative estimate of drug-likeness (QED) is 0.695. The fourth-order valence-electron chi connectivity index (χ4n) is 3.20. The second-order valence-electron chi connectivity index (χ2n) is 6.06. The highest BCUT2D eigenvalue weighted by Gasteiger charge is 2.26. The lowest BCUT2D eigenvalue weighted by atomic mass is 10.0. The van der Waals surface area contributed by atoms with Crippen LogP contribution in [0.1, 0.15) is 29.2 Å². The first-order valence-electron chi connectivity index (χ1n) is 8.02. The molecule has 1 fully saturated rings. The first-order chi connectivity index (χ1) is 12.1. The molecule has 1 saturated heterocycles. The van der Waals surface area contributed by atoms with Crippen LogP contribution in [0.5, 0.6) is 0 Å². The molecule has 0 aromatic carbocycles. The van der Waals surface area contributed by atoms with Crippen LogP contribution in [-0.2, 0) is 0 Å². The summed E-state index contributed by atoms with van der Waals surface area (Å²) in [7, 11) is 0. The van der Waals surface area contributed by atoms with E-state index in [9.17, 15) is 14.4 Å². The summed E-state index contributed by atoms with van der Waals surface area (Å²) in [5, 5.41) is 4.44. The van der Waals surface area contributed by atoms with Crippen molar-refractivity contribution in [2.24, 2.45) is 0 Å². The maximum absolute atomic E-state index is 12.8. The fourth-order valence-corrected chi connectivity index (χ4v) is 3.20. The molecule has 4 rings (SSSR count). The Bertz CT molecular complexity index is 1040. The van der Waals surface area contributed by atoms with Gasteiger partial charge in [-0.15, -0.1) is 0 Å². The van der Waals surface area contributed by atoms with E-state index in [4.69, 9.17) is 0 Å². The van der Waals surface area contributed by atoms with Crippen molar-refractivity contribution in [3.8, 4) is 0 Å². The number of nitrogens with zero attached hydrogens (tertiary/aromatic N) is 4. The zero-order valence-corrected chi connectivity index (χ0v) is 13.3. The predicted octanol–water partition coefficient (Wildman–Crippen LogP) is 0.285. The van der Waals surface area contributed by atoms with Gasteiger partial charge in [-0.25, -0.2) is 9.78 Å². The number of H-pyrrole nitrogens is 2. The Hall–Kier alpha value is -3.23. The van der Waals surface area contributed by atoms with Crippen LogP contribution in [0.25, 0.3) is 11.0 Å². The van der Waals surface area contributed by atoms with E-state index in [1.807, 2.05) is 16.9 Å². The molecule has 128 valence electrons. The van der Waals surface area contributed by atoms with E-state index in [1.165, 1.54) is 12.3 Å². The Morgan fingerprint density at radius 1 is 1.28 bits per heavy atom. The maximum atomic E-state index is 12.8. The molecule has 0 spiro atoms. The van der Waals surface area contributed by atoms with Gasteiger partial charge in [0, 0.05) is 31.7 Å². The van der Waals surface area contributed by atoms with Crippen LogP contribution in [0.15, 0.2) is 40.3 Å². The smallest absolute Gasteiger partial charge is 0.327 e. The number of pyridine rings is 1. The van der Waals surface area contributed by atoms with Crippen molar-refractivity contribution in [1.29, 1.82) is 0 Å². The second-order valence-corrected chi connectivity index (χ2v) is 6.06. The molecule has 1 aliphatic heterocycles. The number of aromatic nitrogens is 5. The molecule has 25 heavy (non-hydrogen) atoms. The monoisotopic (exact) mass is 340 g/mol. The van der Waals surface area contributed by atoms with Crippen molar-refractivity contribution < 1.29 is 4.79 Å². The summed E-state index contributed by atoms with van der Waals surface area (Å²) in [6.45, 7) is 1.21. The topological polar surface area (TPSA) is 117 Å². The number of carbonyl (C=O) groups is 1. The second kappa shape index (κ2) is 6.00. The van der Waals surface area contributed by atoms with Gasteiger partial charge < -0.3 is 4.90 Å². The molecule has 3 aromatic rings. The lowest BCUT2D eigenvalue weighted by Gasteiger charge is -2.32. The van der Waals surface area contributed by atoms with Crippen molar-refractivity contribution in [1.82, 2.24) is 29.6 Å². The highest BCUT2D eigenvalue weighted by molar-refractivity contribution is 5.96. The van der Waals surface area contributed by atoms with Gasteiger partial charge in [0.2, 0.25) is 0 Å². The zero-order chi connectivity index (χ0) is 17.4. The molecule has 4 heterocycles. The summed E-state index contributed by atoms with van der Waals surface area (Å²) in [4.78, 5) is 46.4. The first kappa shape index (κ1) is 15.3. The minimum absolute atomic E-state index is 0.140. The molecule has 1 unspecified atom stereocenters. The largest absolute Gasteiger partial charge is 0.336 e. The highest BCUT2D eigenvalue weighted by atomic mass is 16.2. The SMILES string of the molecule is O=C(c1cnc2[nH]c(=O)[nH]c(=O)c2c1)N1CCCC(n2cccn2)C1. The minimum Gasteiger partial charge on any atom is -0.336 e. The number of hydrogen-bond donors (Lipinski definition) is 2. The van der Waals surface area contributed by atoms with Crippen LogP contribution in [0.2, 0.25) is 0 Å². The Morgan fingerprint density at radius 3 is 2.96 bits per heavy atom. The molecule has 3 aromatic heterocycles. The van der Waals surface area contributed by atoms with Gasteiger partial charge in [0.1, 0.15) is 5.65 Å². The summed E-state index contributed by atoms with van der Waals surface area (Å²) in [6.07, 6.45) is 6.85. The standard InChI is InChI=1S/C16H16N6O3/c23-14-12-7-10(8-17-13(12)19-16(25)20-14)15(24)21-5-1-3-11(9-21)22-6-2-4-18-22/h2,4,6-8,11H,1,3,5,9H2,(H2,17,19,20,23,25). The van der Waals surface area contributed by atoms with Gasteiger partial charge in [0.15, 0.2) is 0 Å². The molecule has 0 saturated carbocycles. The average Bonchev–Trinajstić information content (AvgIpc) is 3.15. The van der Waals surface area contributed by atoms with Gasteiger partial charge in [0.25, 0.3) is 11.5 Å². The number of aromatic amines is 2. The van der Waals surface area contributed by atoms with Gasteiger partial charge in [-0.2, -0.15) is 5.10 Å².